The van der Waals surface area contributed by atoms with Crippen LogP contribution in [0.1, 0.15) is 17.4 Å². The Hall–Kier alpha value is -1.52. The molecule has 13 heavy (non-hydrogen) atoms. The highest BCUT2D eigenvalue weighted by Crippen LogP contribution is 2.16. The van der Waals surface area contributed by atoms with Gasteiger partial charge in [0.15, 0.2) is 11.4 Å². The standard InChI is InChI=1S/C8H12N2O3/c1-4-13-8(11)7-6(12-3)5-9-10(7)2/h5H,4H2,1-3H3. The molecule has 0 aliphatic carbocycles. The van der Waals surface area contributed by atoms with Gasteiger partial charge in [-0.2, -0.15) is 5.10 Å². The largest absolute Gasteiger partial charge is 0.493 e. The average Bonchev–Trinajstić information content (AvgIpc) is 2.47. The zero-order chi connectivity index (χ0) is 9.84. The zero-order valence-electron chi connectivity index (χ0n) is 7.90. The fourth-order valence-corrected chi connectivity index (χ4v) is 0.999. The molecule has 1 aromatic heterocycles. The maximum absolute atomic E-state index is 11.3. The predicted octanol–water partition coefficient (Wildman–Crippen LogP) is 0.605. The molecule has 0 aliphatic heterocycles. The number of hydrogen-bond acceptors (Lipinski definition) is 4. The Kier molecular flexibility index (Phi) is 2.89. The summed E-state index contributed by atoms with van der Waals surface area (Å²) in [5.41, 5.74) is 0.337. The van der Waals surface area contributed by atoms with Crippen LogP contribution in [0.4, 0.5) is 0 Å². The Morgan fingerprint density at radius 1 is 1.69 bits per heavy atom. The quantitative estimate of drug-likeness (QED) is 0.646. The summed E-state index contributed by atoms with van der Waals surface area (Å²) in [7, 11) is 3.15. The van der Waals surface area contributed by atoms with Gasteiger partial charge in [0.1, 0.15) is 0 Å². The first-order valence-electron chi connectivity index (χ1n) is 3.93. The van der Waals surface area contributed by atoms with Crippen LogP contribution in [0.5, 0.6) is 5.75 Å². The van der Waals surface area contributed by atoms with Crippen LogP contribution in [0.3, 0.4) is 0 Å². The Balaban J connectivity index is 2.96. The SMILES string of the molecule is CCOC(=O)c1c(OC)cnn1C. The van der Waals surface area contributed by atoms with Crippen molar-refractivity contribution < 1.29 is 14.3 Å². The molecule has 0 radical (unpaired) electrons. The Morgan fingerprint density at radius 2 is 2.38 bits per heavy atom. The lowest BCUT2D eigenvalue weighted by molar-refractivity contribution is 0.0510. The molecule has 1 heterocycles. The van der Waals surface area contributed by atoms with Crippen molar-refractivity contribution in [3.05, 3.63) is 11.9 Å². The van der Waals surface area contributed by atoms with Gasteiger partial charge in [-0.15, -0.1) is 0 Å². The summed E-state index contributed by atoms with van der Waals surface area (Å²) in [4.78, 5) is 11.3. The second kappa shape index (κ2) is 3.93. The van der Waals surface area contributed by atoms with E-state index in [0.29, 0.717) is 18.1 Å². The van der Waals surface area contributed by atoms with Gasteiger partial charge in [-0.3, -0.25) is 4.68 Å². The summed E-state index contributed by atoms with van der Waals surface area (Å²) < 4.78 is 11.2. The highest BCUT2D eigenvalue weighted by atomic mass is 16.5. The summed E-state index contributed by atoms with van der Waals surface area (Å²) >= 11 is 0. The third kappa shape index (κ3) is 1.80. The molecule has 0 spiro atoms. The van der Waals surface area contributed by atoms with Crippen molar-refractivity contribution >= 4 is 5.97 Å². The first kappa shape index (κ1) is 9.57. The van der Waals surface area contributed by atoms with Gasteiger partial charge in [0.2, 0.25) is 0 Å². The summed E-state index contributed by atoms with van der Waals surface area (Å²) in [6.07, 6.45) is 1.48. The van der Waals surface area contributed by atoms with Gasteiger partial charge in [0.25, 0.3) is 0 Å². The number of carbonyl (C=O) groups excluding carboxylic acids is 1. The maximum Gasteiger partial charge on any atom is 0.360 e. The van der Waals surface area contributed by atoms with E-state index >= 15 is 0 Å². The van der Waals surface area contributed by atoms with E-state index < -0.39 is 5.97 Å². The van der Waals surface area contributed by atoms with Gasteiger partial charge in [-0.1, -0.05) is 0 Å². The minimum atomic E-state index is -0.417. The topological polar surface area (TPSA) is 53.4 Å². The van der Waals surface area contributed by atoms with Gasteiger partial charge in [0, 0.05) is 7.05 Å². The van der Waals surface area contributed by atoms with Crippen LogP contribution in [0.25, 0.3) is 0 Å². The van der Waals surface area contributed by atoms with Crippen molar-refractivity contribution in [3.8, 4) is 5.75 Å². The van der Waals surface area contributed by atoms with Crippen LogP contribution in [-0.2, 0) is 11.8 Å². The van der Waals surface area contributed by atoms with E-state index in [-0.39, 0.29) is 0 Å². The Bertz CT molecular complexity index is 306. The number of carbonyl (C=O) groups is 1. The van der Waals surface area contributed by atoms with E-state index in [9.17, 15) is 4.79 Å². The minimum Gasteiger partial charge on any atom is -0.493 e. The Morgan fingerprint density at radius 3 is 2.92 bits per heavy atom. The van der Waals surface area contributed by atoms with E-state index in [2.05, 4.69) is 5.10 Å². The highest BCUT2D eigenvalue weighted by molar-refractivity contribution is 5.90. The molecule has 0 unspecified atom stereocenters. The summed E-state index contributed by atoms with van der Waals surface area (Å²) in [5.74, 6) is 0.0142. The molecule has 0 N–H and O–H groups in total. The summed E-state index contributed by atoms with van der Waals surface area (Å²) in [6.45, 7) is 2.09. The van der Waals surface area contributed by atoms with E-state index in [4.69, 9.17) is 9.47 Å². The molecule has 1 rings (SSSR count). The van der Waals surface area contributed by atoms with Crippen molar-refractivity contribution in [3.63, 3.8) is 0 Å². The van der Waals surface area contributed by atoms with Crippen molar-refractivity contribution in [2.45, 2.75) is 6.92 Å². The van der Waals surface area contributed by atoms with Gasteiger partial charge >= 0.3 is 5.97 Å². The third-order valence-corrected chi connectivity index (χ3v) is 1.59. The molecule has 5 heteroatoms. The molecule has 0 atom stereocenters. The molecule has 0 aromatic carbocycles. The molecule has 0 aliphatic rings. The second-order valence-corrected chi connectivity index (χ2v) is 2.41. The highest BCUT2D eigenvalue weighted by Gasteiger charge is 2.18. The second-order valence-electron chi connectivity index (χ2n) is 2.41. The smallest absolute Gasteiger partial charge is 0.360 e. The molecule has 0 amide bonds. The van der Waals surface area contributed by atoms with E-state index in [1.807, 2.05) is 0 Å². The van der Waals surface area contributed by atoms with Crippen LogP contribution < -0.4 is 4.74 Å². The number of nitrogens with zero attached hydrogens (tertiary/aromatic N) is 2. The number of esters is 1. The molecule has 0 saturated heterocycles. The molecular formula is C8H12N2O3. The monoisotopic (exact) mass is 184 g/mol. The first-order chi connectivity index (χ1) is 6.20. The summed E-state index contributed by atoms with van der Waals surface area (Å²) in [5, 5.41) is 3.88. The molecule has 72 valence electrons. The molecule has 1 aromatic rings. The molecule has 0 bridgehead atoms. The number of aryl methyl sites for hydroxylation is 1. The maximum atomic E-state index is 11.3. The van der Waals surface area contributed by atoms with E-state index in [1.165, 1.54) is 18.0 Å². The van der Waals surface area contributed by atoms with Gasteiger partial charge < -0.3 is 9.47 Å². The normalized spacial score (nSPS) is 9.77. The van der Waals surface area contributed by atoms with Crippen LogP contribution in [-0.4, -0.2) is 29.5 Å². The fraction of sp³-hybridized carbons (Fsp3) is 0.500. The van der Waals surface area contributed by atoms with Gasteiger partial charge in [-0.25, -0.2) is 4.79 Å². The summed E-state index contributed by atoms with van der Waals surface area (Å²) in [6, 6.07) is 0. The molecular weight excluding hydrogens is 172 g/mol. The lowest BCUT2D eigenvalue weighted by Crippen LogP contribution is -2.11. The average molecular weight is 184 g/mol. The van der Waals surface area contributed by atoms with Crippen molar-refractivity contribution in [1.82, 2.24) is 9.78 Å². The number of ether oxygens (including phenoxy) is 2. The zero-order valence-corrected chi connectivity index (χ0v) is 7.90. The lowest BCUT2D eigenvalue weighted by Gasteiger charge is -2.03. The van der Waals surface area contributed by atoms with Crippen LogP contribution in [0.2, 0.25) is 0 Å². The fourth-order valence-electron chi connectivity index (χ4n) is 0.999. The first-order valence-corrected chi connectivity index (χ1v) is 3.93. The van der Waals surface area contributed by atoms with Crippen LogP contribution in [0.15, 0.2) is 6.20 Å². The molecule has 0 fully saturated rings. The van der Waals surface area contributed by atoms with Crippen molar-refractivity contribution in [1.29, 1.82) is 0 Å². The number of rotatable bonds is 3. The molecule has 5 nitrogen and oxygen atoms in total. The lowest BCUT2D eigenvalue weighted by atomic mass is 10.4. The van der Waals surface area contributed by atoms with Crippen LogP contribution in [0, 0.1) is 0 Å². The molecule has 0 saturated carbocycles. The predicted molar refractivity (Wildman–Crippen MR) is 45.7 cm³/mol. The van der Waals surface area contributed by atoms with E-state index in [1.54, 1.807) is 14.0 Å². The van der Waals surface area contributed by atoms with Crippen LogP contribution >= 0.6 is 0 Å². The van der Waals surface area contributed by atoms with Crippen molar-refractivity contribution in [2.24, 2.45) is 7.05 Å². The number of methoxy groups -OCH3 is 1. The minimum absolute atomic E-state index is 0.337. The third-order valence-electron chi connectivity index (χ3n) is 1.59. The van der Waals surface area contributed by atoms with Crippen molar-refractivity contribution in [2.75, 3.05) is 13.7 Å². The Labute approximate surface area is 76.3 Å². The van der Waals surface area contributed by atoms with Gasteiger partial charge in [0.05, 0.1) is 19.9 Å². The number of aromatic nitrogens is 2. The van der Waals surface area contributed by atoms with Gasteiger partial charge in [-0.05, 0) is 6.92 Å². The van der Waals surface area contributed by atoms with E-state index in [0.717, 1.165) is 0 Å². The number of hydrogen-bond donors (Lipinski definition) is 0.